The van der Waals surface area contributed by atoms with Crippen LogP contribution in [0.5, 0.6) is 0 Å². The Labute approximate surface area is 650 Å². The number of phosphoric acid groups is 2. The number of allylic oxidation sites excluding steroid dienone is 4. The maximum absolute atomic E-state index is 13.2. The van der Waals surface area contributed by atoms with Crippen molar-refractivity contribution < 1.29 is 80.2 Å². The fourth-order valence-electron chi connectivity index (χ4n) is 13.1. The topological polar surface area (TPSA) is 237 Å². The van der Waals surface area contributed by atoms with E-state index < -0.39 is 97.5 Å². The highest BCUT2D eigenvalue weighted by atomic mass is 31.2. The maximum Gasteiger partial charge on any atom is 0.472 e. The quantitative estimate of drug-likeness (QED) is 0.0169. The minimum absolute atomic E-state index is 0.0859. The summed E-state index contributed by atoms with van der Waals surface area (Å²) in [4.78, 5) is 73.3. The zero-order chi connectivity index (χ0) is 77.6. The van der Waals surface area contributed by atoms with E-state index in [-0.39, 0.29) is 25.7 Å². The Morgan fingerprint density at radius 1 is 0.292 bits per heavy atom. The number of hydrogen-bond donors (Lipinski definition) is 3. The van der Waals surface area contributed by atoms with Crippen molar-refractivity contribution in [3.05, 3.63) is 24.3 Å². The van der Waals surface area contributed by atoms with Crippen LogP contribution in [0.3, 0.4) is 0 Å². The van der Waals surface area contributed by atoms with Crippen LogP contribution in [0, 0.1) is 5.92 Å². The molecule has 626 valence electrons. The van der Waals surface area contributed by atoms with Gasteiger partial charge in [0.15, 0.2) is 12.2 Å². The molecule has 0 aliphatic heterocycles. The minimum Gasteiger partial charge on any atom is -0.462 e. The zero-order valence-electron chi connectivity index (χ0n) is 69.1. The molecule has 0 rings (SSSR count). The first-order chi connectivity index (χ1) is 51.5. The molecule has 17 nitrogen and oxygen atoms in total. The molecule has 0 fully saturated rings. The van der Waals surface area contributed by atoms with E-state index in [2.05, 4.69) is 58.9 Å². The van der Waals surface area contributed by atoms with Crippen LogP contribution in [-0.4, -0.2) is 96.7 Å². The van der Waals surface area contributed by atoms with Crippen molar-refractivity contribution in [1.82, 2.24) is 0 Å². The standard InChI is InChI=1S/C87H166O17P2/c1-6-9-12-15-18-21-24-27-29-30-31-32-33-37-43-48-53-58-63-68-73-87(92)104-83(77-98-85(90)71-66-61-56-51-46-41-38-34-36-40-44-49-54-59-64-69-80(4)5)79-102-106(95,96)100-75-81(88)74-99-105(93,94)101-78-82(76-97-84(89)70-65-60-55-50-45-39-26-23-20-17-14-11-8-3)103-86(91)72-67-62-57-52-47-42-35-28-25-22-19-16-13-10-7-2/h22,25,28,35,80-83,88H,6-21,23-24,26-27,29-34,36-79H2,1-5H3,(H,93,94)(H,95,96)/b25-22-,35-28-/t81-,82+,83+/m0/s1. The zero-order valence-corrected chi connectivity index (χ0v) is 70.9. The smallest absolute Gasteiger partial charge is 0.462 e. The largest absolute Gasteiger partial charge is 0.472 e. The molecule has 0 saturated carbocycles. The van der Waals surface area contributed by atoms with Crippen LogP contribution >= 0.6 is 15.6 Å². The van der Waals surface area contributed by atoms with Gasteiger partial charge < -0.3 is 33.8 Å². The maximum atomic E-state index is 13.2. The third kappa shape index (κ3) is 79.6. The summed E-state index contributed by atoms with van der Waals surface area (Å²) in [6.45, 7) is 7.33. The van der Waals surface area contributed by atoms with E-state index in [1.165, 1.54) is 257 Å². The first kappa shape index (κ1) is 104. The van der Waals surface area contributed by atoms with E-state index >= 15 is 0 Å². The van der Waals surface area contributed by atoms with Crippen LogP contribution in [0.4, 0.5) is 0 Å². The summed E-state index contributed by atoms with van der Waals surface area (Å²) in [5.74, 6) is -1.32. The van der Waals surface area contributed by atoms with Gasteiger partial charge in [-0.05, 0) is 57.3 Å². The van der Waals surface area contributed by atoms with Gasteiger partial charge >= 0.3 is 39.5 Å². The van der Waals surface area contributed by atoms with Gasteiger partial charge in [0.05, 0.1) is 26.4 Å². The predicted molar refractivity (Wildman–Crippen MR) is 437 cm³/mol. The number of rotatable bonds is 85. The second-order valence-electron chi connectivity index (χ2n) is 31.1. The van der Waals surface area contributed by atoms with Crippen LogP contribution in [-0.2, 0) is 65.4 Å². The van der Waals surface area contributed by atoms with Crippen LogP contribution in [0.15, 0.2) is 24.3 Å². The van der Waals surface area contributed by atoms with Crippen molar-refractivity contribution in [3.63, 3.8) is 0 Å². The molecule has 0 amide bonds. The number of esters is 4. The van der Waals surface area contributed by atoms with Gasteiger partial charge in [-0.2, -0.15) is 0 Å². The number of hydrogen-bond acceptors (Lipinski definition) is 15. The fourth-order valence-corrected chi connectivity index (χ4v) is 14.7. The number of aliphatic hydroxyl groups excluding tert-OH is 1. The predicted octanol–water partition coefficient (Wildman–Crippen LogP) is 26.3. The van der Waals surface area contributed by atoms with Crippen molar-refractivity contribution in [1.29, 1.82) is 0 Å². The van der Waals surface area contributed by atoms with E-state index in [1.54, 1.807) is 0 Å². The molecule has 0 aromatic carbocycles. The van der Waals surface area contributed by atoms with Crippen LogP contribution in [0.2, 0.25) is 0 Å². The summed E-state index contributed by atoms with van der Waals surface area (Å²) in [6, 6.07) is 0. The van der Waals surface area contributed by atoms with Crippen molar-refractivity contribution >= 4 is 39.5 Å². The third-order valence-electron chi connectivity index (χ3n) is 19.9. The van der Waals surface area contributed by atoms with Gasteiger partial charge in [-0.3, -0.25) is 37.3 Å². The Balaban J connectivity index is 5.29. The van der Waals surface area contributed by atoms with Crippen molar-refractivity contribution in [2.75, 3.05) is 39.6 Å². The number of unbranched alkanes of at least 4 members (excludes halogenated alkanes) is 54. The van der Waals surface area contributed by atoms with Crippen LogP contribution in [0.25, 0.3) is 0 Å². The van der Waals surface area contributed by atoms with Gasteiger partial charge in [0.1, 0.15) is 19.3 Å². The van der Waals surface area contributed by atoms with Crippen LogP contribution < -0.4 is 0 Å². The SMILES string of the molecule is CCCCCC/C=C\C=C/CCCCCCCC(=O)O[C@H](COC(=O)CCCCCCCCCCCCCCC)COP(=O)(O)OC[C@H](O)COP(=O)(O)OC[C@@H](COC(=O)CCCCCCCCCCCCCCCCCC(C)C)OC(=O)CCCCCCCCCCCCCCCCCCCCCC. The summed E-state index contributed by atoms with van der Waals surface area (Å²) in [5.41, 5.74) is 0. The highest BCUT2D eigenvalue weighted by molar-refractivity contribution is 7.47. The lowest BCUT2D eigenvalue weighted by molar-refractivity contribution is -0.161. The molecule has 0 heterocycles. The molecule has 3 N–H and O–H groups in total. The minimum atomic E-state index is -4.97. The molecule has 2 unspecified atom stereocenters. The average molecular weight is 1550 g/mol. The number of aliphatic hydroxyl groups is 1. The lowest BCUT2D eigenvalue weighted by Gasteiger charge is -2.21. The molecule has 0 radical (unpaired) electrons. The molecule has 5 atom stereocenters. The summed E-state index contributed by atoms with van der Waals surface area (Å²) in [5, 5.41) is 10.7. The summed E-state index contributed by atoms with van der Waals surface area (Å²) in [7, 11) is -9.94. The van der Waals surface area contributed by atoms with Gasteiger partial charge in [0.2, 0.25) is 0 Å². The Morgan fingerprint density at radius 2 is 0.509 bits per heavy atom. The molecular weight excluding hydrogens is 1380 g/mol. The molecular formula is C87H166O17P2. The van der Waals surface area contributed by atoms with Gasteiger partial charge in [-0.15, -0.1) is 0 Å². The summed E-state index contributed by atoms with van der Waals surface area (Å²) >= 11 is 0. The van der Waals surface area contributed by atoms with E-state index in [1.807, 2.05) is 0 Å². The molecule has 0 aromatic heterocycles. The molecule has 0 spiro atoms. The lowest BCUT2D eigenvalue weighted by atomic mass is 10.0. The Morgan fingerprint density at radius 3 is 0.774 bits per heavy atom. The molecule has 0 saturated heterocycles. The average Bonchev–Trinajstić information content (AvgIpc) is 0.903. The van der Waals surface area contributed by atoms with Gasteiger partial charge in [-0.25, -0.2) is 9.13 Å². The third-order valence-corrected chi connectivity index (χ3v) is 21.8. The van der Waals surface area contributed by atoms with Gasteiger partial charge in [0.25, 0.3) is 0 Å². The second kappa shape index (κ2) is 79.2. The van der Waals surface area contributed by atoms with Gasteiger partial charge in [-0.1, -0.05) is 393 Å². The molecule has 0 aromatic rings. The van der Waals surface area contributed by atoms with Crippen molar-refractivity contribution in [2.45, 2.75) is 464 Å². The Kier molecular flexibility index (Phi) is 77.4. The van der Waals surface area contributed by atoms with E-state index in [0.29, 0.717) is 25.7 Å². The summed E-state index contributed by atoms with van der Waals surface area (Å²) < 4.78 is 68.9. The first-order valence-electron chi connectivity index (χ1n) is 44.5. The molecule has 19 heteroatoms. The monoisotopic (exact) mass is 1550 g/mol. The van der Waals surface area contributed by atoms with Gasteiger partial charge in [0, 0.05) is 25.7 Å². The first-order valence-corrected chi connectivity index (χ1v) is 47.4. The van der Waals surface area contributed by atoms with Crippen LogP contribution in [0.1, 0.15) is 446 Å². The number of carbonyl (C=O) groups excluding carboxylic acids is 4. The number of carbonyl (C=O) groups is 4. The van der Waals surface area contributed by atoms with Crippen molar-refractivity contribution in [3.8, 4) is 0 Å². The number of phosphoric ester groups is 2. The van der Waals surface area contributed by atoms with E-state index in [0.717, 1.165) is 109 Å². The van der Waals surface area contributed by atoms with E-state index in [4.69, 9.17) is 37.0 Å². The molecule has 106 heavy (non-hydrogen) atoms. The van der Waals surface area contributed by atoms with E-state index in [9.17, 15) is 43.2 Å². The van der Waals surface area contributed by atoms with Crippen molar-refractivity contribution in [2.24, 2.45) is 5.92 Å². The molecule has 0 bridgehead atoms. The second-order valence-corrected chi connectivity index (χ2v) is 34.0. The summed E-state index contributed by atoms with van der Waals surface area (Å²) in [6.07, 6.45) is 75.7. The highest BCUT2D eigenvalue weighted by Crippen LogP contribution is 2.45. The number of ether oxygens (including phenoxy) is 4. The lowest BCUT2D eigenvalue weighted by Crippen LogP contribution is -2.30. The highest BCUT2D eigenvalue weighted by Gasteiger charge is 2.30. The molecule has 0 aliphatic carbocycles. The Hall–Kier alpha value is -2.46. The fraction of sp³-hybridized carbons (Fsp3) is 0.908. The molecule has 0 aliphatic rings. The normalized spacial score (nSPS) is 13.9. The Bertz CT molecular complexity index is 2110.